The summed E-state index contributed by atoms with van der Waals surface area (Å²) in [5, 5.41) is 5.69. The maximum atomic E-state index is 13.5. The van der Waals surface area contributed by atoms with Gasteiger partial charge in [-0.05, 0) is 75.8 Å². The lowest BCUT2D eigenvalue weighted by Crippen LogP contribution is -2.45. The largest absolute Gasteiger partial charge is 0.338 e. The van der Waals surface area contributed by atoms with Crippen LogP contribution in [0.3, 0.4) is 0 Å². The van der Waals surface area contributed by atoms with Crippen LogP contribution in [0.1, 0.15) is 47.9 Å². The fraction of sp³-hybridized carbons (Fsp3) is 0.458. The highest BCUT2D eigenvalue weighted by Crippen LogP contribution is 2.31. The third-order valence-corrected chi connectivity index (χ3v) is 8.04. The Balaban J connectivity index is 1.66. The molecule has 0 aromatic heterocycles. The number of rotatable bonds is 6. The second-order valence-electron chi connectivity index (χ2n) is 8.53. The number of benzene rings is 2. The molecule has 0 saturated carbocycles. The quantitative estimate of drug-likeness (QED) is 0.681. The molecule has 1 atom stereocenters. The first kappa shape index (κ1) is 23.3. The van der Waals surface area contributed by atoms with Crippen molar-refractivity contribution in [2.75, 3.05) is 18.4 Å². The Morgan fingerprint density at radius 1 is 1.03 bits per heavy atom. The van der Waals surface area contributed by atoms with E-state index >= 15 is 0 Å². The normalized spacial score (nSPS) is 17.4. The van der Waals surface area contributed by atoms with Crippen molar-refractivity contribution in [2.45, 2.75) is 64.3 Å². The number of nitrogens with zero attached hydrogens (tertiary/aromatic N) is 1. The summed E-state index contributed by atoms with van der Waals surface area (Å²) in [5.41, 5.74) is 4.45. The minimum absolute atomic E-state index is 0.113. The van der Waals surface area contributed by atoms with E-state index in [1.54, 1.807) is 4.31 Å². The molecule has 0 radical (unpaired) electrons. The van der Waals surface area contributed by atoms with Crippen LogP contribution in [0.4, 0.5) is 10.5 Å². The Bertz CT molecular complexity index is 1030. The third-order valence-electron chi connectivity index (χ3n) is 5.78. The van der Waals surface area contributed by atoms with Crippen molar-refractivity contribution in [3.8, 4) is 0 Å². The van der Waals surface area contributed by atoms with Crippen LogP contribution in [-0.4, -0.2) is 37.9 Å². The zero-order valence-corrected chi connectivity index (χ0v) is 19.7. The molecule has 2 aromatic rings. The number of hydrogen-bond acceptors (Lipinski definition) is 3. The maximum absolute atomic E-state index is 13.5. The molecule has 1 aliphatic heterocycles. The number of carbonyl (C=O) groups is 1. The Labute approximate surface area is 186 Å². The fourth-order valence-corrected chi connectivity index (χ4v) is 6.66. The Kier molecular flexibility index (Phi) is 7.38. The first-order valence-electron chi connectivity index (χ1n) is 10.9. The molecule has 1 aliphatic rings. The standard InChI is InChI=1S/C24H33N3O3S/c1-17-8-7-9-21(16-17)26-24(28)25-12-11-22-10-5-6-13-27(22)31(29,30)23-19(3)14-18(2)15-20(23)4/h7-9,14-16,22H,5-6,10-13H2,1-4H3,(H2,25,26,28)/t22-/m0/s1. The maximum Gasteiger partial charge on any atom is 0.319 e. The molecule has 31 heavy (non-hydrogen) atoms. The Morgan fingerprint density at radius 3 is 2.42 bits per heavy atom. The Morgan fingerprint density at radius 2 is 1.74 bits per heavy atom. The van der Waals surface area contributed by atoms with Crippen LogP contribution in [0.2, 0.25) is 0 Å². The summed E-state index contributed by atoms with van der Waals surface area (Å²) in [7, 11) is -3.59. The van der Waals surface area contributed by atoms with Gasteiger partial charge in [-0.1, -0.05) is 36.2 Å². The van der Waals surface area contributed by atoms with Crippen molar-refractivity contribution < 1.29 is 13.2 Å². The first-order valence-corrected chi connectivity index (χ1v) is 12.3. The van der Waals surface area contributed by atoms with Gasteiger partial charge in [-0.2, -0.15) is 4.31 Å². The highest BCUT2D eigenvalue weighted by atomic mass is 32.2. The number of carbonyl (C=O) groups excluding carboxylic acids is 1. The molecular formula is C24H33N3O3S. The number of nitrogens with one attached hydrogen (secondary N) is 2. The molecule has 6 nitrogen and oxygen atoms in total. The summed E-state index contributed by atoms with van der Waals surface area (Å²) < 4.78 is 28.7. The molecule has 1 heterocycles. The lowest BCUT2D eigenvalue weighted by atomic mass is 10.0. The average Bonchev–Trinajstić information content (AvgIpc) is 2.67. The van der Waals surface area contributed by atoms with Gasteiger partial charge in [0.25, 0.3) is 0 Å². The van der Waals surface area contributed by atoms with Gasteiger partial charge < -0.3 is 10.6 Å². The SMILES string of the molecule is Cc1cccc(NC(=O)NCC[C@@H]2CCCCN2S(=O)(=O)c2c(C)cc(C)cc2C)c1. The molecule has 2 N–H and O–H groups in total. The predicted molar refractivity (Wildman–Crippen MR) is 125 cm³/mol. The van der Waals surface area contributed by atoms with Gasteiger partial charge >= 0.3 is 6.03 Å². The number of sulfonamides is 1. The molecular weight excluding hydrogens is 410 g/mol. The van der Waals surface area contributed by atoms with E-state index in [2.05, 4.69) is 10.6 Å². The van der Waals surface area contributed by atoms with E-state index in [0.717, 1.165) is 47.2 Å². The summed E-state index contributed by atoms with van der Waals surface area (Å²) in [6.07, 6.45) is 3.26. The summed E-state index contributed by atoms with van der Waals surface area (Å²) in [4.78, 5) is 12.7. The molecule has 7 heteroatoms. The van der Waals surface area contributed by atoms with E-state index in [9.17, 15) is 13.2 Å². The van der Waals surface area contributed by atoms with Crippen LogP contribution >= 0.6 is 0 Å². The molecule has 0 bridgehead atoms. The number of aryl methyl sites for hydroxylation is 4. The smallest absolute Gasteiger partial charge is 0.319 e. The number of piperidine rings is 1. The molecule has 0 spiro atoms. The number of urea groups is 1. The van der Waals surface area contributed by atoms with Crippen LogP contribution in [0, 0.1) is 27.7 Å². The van der Waals surface area contributed by atoms with Gasteiger partial charge in [-0.25, -0.2) is 13.2 Å². The predicted octanol–water partition coefficient (Wildman–Crippen LogP) is 4.68. The zero-order chi connectivity index (χ0) is 22.6. The summed E-state index contributed by atoms with van der Waals surface area (Å²) in [6.45, 7) is 8.62. The summed E-state index contributed by atoms with van der Waals surface area (Å²) >= 11 is 0. The molecule has 1 saturated heterocycles. The molecule has 168 valence electrons. The zero-order valence-electron chi connectivity index (χ0n) is 18.9. The molecule has 0 unspecified atom stereocenters. The van der Waals surface area contributed by atoms with Crippen LogP contribution < -0.4 is 10.6 Å². The number of hydrogen-bond donors (Lipinski definition) is 2. The van der Waals surface area contributed by atoms with Gasteiger partial charge in [0.1, 0.15) is 0 Å². The van der Waals surface area contributed by atoms with Crippen molar-refractivity contribution in [3.05, 3.63) is 58.7 Å². The first-order chi connectivity index (χ1) is 14.7. The van der Waals surface area contributed by atoms with Crippen LogP contribution in [0.5, 0.6) is 0 Å². The van der Waals surface area contributed by atoms with Gasteiger partial charge in [0.15, 0.2) is 0 Å². The van der Waals surface area contributed by atoms with Gasteiger partial charge in [0.2, 0.25) is 10.0 Å². The van der Waals surface area contributed by atoms with Crippen LogP contribution in [0.15, 0.2) is 41.3 Å². The lowest BCUT2D eigenvalue weighted by molar-refractivity contribution is 0.234. The molecule has 2 amide bonds. The number of amides is 2. The van der Waals surface area contributed by atoms with Crippen molar-refractivity contribution >= 4 is 21.7 Å². The Hall–Kier alpha value is -2.38. The van der Waals surface area contributed by atoms with E-state index in [0.29, 0.717) is 24.4 Å². The number of anilines is 1. The highest BCUT2D eigenvalue weighted by molar-refractivity contribution is 7.89. The van der Waals surface area contributed by atoms with Gasteiger partial charge in [-0.15, -0.1) is 0 Å². The minimum Gasteiger partial charge on any atom is -0.338 e. The molecule has 2 aromatic carbocycles. The van der Waals surface area contributed by atoms with Gasteiger partial charge in [0, 0.05) is 24.8 Å². The second kappa shape index (κ2) is 9.83. The van der Waals surface area contributed by atoms with Crippen molar-refractivity contribution in [3.63, 3.8) is 0 Å². The monoisotopic (exact) mass is 443 g/mol. The van der Waals surface area contributed by atoms with Gasteiger partial charge in [-0.3, -0.25) is 0 Å². The lowest BCUT2D eigenvalue weighted by Gasteiger charge is -2.35. The third kappa shape index (κ3) is 5.66. The van der Waals surface area contributed by atoms with E-state index < -0.39 is 10.0 Å². The highest BCUT2D eigenvalue weighted by Gasteiger charge is 2.35. The van der Waals surface area contributed by atoms with E-state index in [-0.39, 0.29) is 12.1 Å². The molecule has 1 fully saturated rings. The van der Waals surface area contributed by atoms with E-state index in [1.807, 2.05) is 64.1 Å². The van der Waals surface area contributed by atoms with Crippen molar-refractivity contribution in [1.82, 2.24) is 9.62 Å². The fourth-order valence-electron chi connectivity index (χ4n) is 4.52. The average molecular weight is 444 g/mol. The van der Waals surface area contributed by atoms with E-state index in [4.69, 9.17) is 0 Å². The van der Waals surface area contributed by atoms with E-state index in [1.165, 1.54) is 0 Å². The van der Waals surface area contributed by atoms with Crippen LogP contribution in [-0.2, 0) is 10.0 Å². The summed E-state index contributed by atoms with van der Waals surface area (Å²) in [6, 6.07) is 11.1. The molecule has 3 rings (SSSR count). The minimum atomic E-state index is -3.59. The molecule has 0 aliphatic carbocycles. The summed E-state index contributed by atoms with van der Waals surface area (Å²) in [5.74, 6) is 0. The van der Waals surface area contributed by atoms with Crippen molar-refractivity contribution in [1.29, 1.82) is 0 Å². The van der Waals surface area contributed by atoms with Crippen LogP contribution in [0.25, 0.3) is 0 Å². The van der Waals surface area contributed by atoms with Crippen molar-refractivity contribution in [2.24, 2.45) is 0 Å². The second-order valence-corrected chi connectivity index (χ2v) is 10.4. The topological polar surface area (TPSA) is 78.5 Å². The van der Waals surface area contributed by atoms with Gasteiger partial charge in [0.05, 0.1) is 4.90 Å².